The minimum Gasteiger partial charge on any atom is -0.465 e. The lowest BCUT2D eigenvalue weighted by Gasteiger charge is -2.20. The topological polar surface area (TPSA) is 39.2 Å². The number of hydrogen-bond donors (Lipinski definition) is 0. The molecular weight excluding hydrogens is 329 g/mol. The van der Waals surface area contributed by atoms with Crippen molar-refractivity contribution >= 4 is 17.7 Å². The van der Waals surface area contributed by atoms with Crippen molar-refractivity contribution in [2.75, 3.05) is 13.4 Å². The van der Waals surface area contributed by atoms with E-state index in [-0.39, 0.29) is 23.3 Å². The average Bonchev–Trinajstić information content (AvgIpc) is 2.44. The second-order valence-electron chi connectivity index (χ2n) is 4.25. The Hall–Kier alpha value is -1.38. The van der Waals surface area contributed by atoms with E-state index in [1.54, 1.807) is 6.26 Å². The van der Waals surface area contributed by atoms with Gasteiger partial charge in [0.1, 0.15) is 5.69 Å². The minimum atomic E-state index is -5.04. The minimum absolute atomic E-state index is 0.0288. The molecule has 0 atom stereocenters. The van der Waals surface area contributed by atoms with Crippen LogP contribution in [0.25, 0.3) is 0 Å². The predicted octanol–water partition coefficient (Wildman–Crippen LogP) is 4.25. The molecular formula is C13H14F5NO2S. The van der Waals surface area contributed by atoms with Crippen molar-refractivity contribution in [2.45, 2.75) is 31.7 Å². The van der Waals surface area contributed by atoms with E-state index < -0.39 is 35.5 Å². The van der Waals surface area contributed by atoms with Gasteiger partial charge in [0, 0.05) is 5.75 Å². The molecule has 1 heterocycles. The highest BCUT2D eigenvalue weighted by atomic mass is 32.2. The predicted molar refractivity (Wildman–Crippen MR) is 72.1 cm³/mol. The second-order valence-corrected chi connectivity index (χ2v) is 5.12. The van der Waals surface area contributed by atoms with Crippen LogP contribution in [0.2, 0.25) is 0 Å². The van der Waals surface area contributed by atoms with E-state index in [1.807, 2.05) is 0 Å². The first kappa shape index (κ1) is 18.7. The summed E-state index contributed by atoms with van der Waals surface area (Å²) >= 11 is 1.12. The van der Waals surface area contributed by atoms with E-state index in [1.165, 1.54) is 6.92 Å². The van der Waals surface area contributed by atoms with Crippen molar-refractivity contribution in [3.63, 3.8) is 0 Å². The number of methoxy groups -OCH3 is 1. The summed E-state index contributed by atoms with van der Waals surface area (Å²) < 4.78 is 69.9. The van der Waals surface area contributed by atoms with E-state index in [0.717, 1.165) is 18.9 Å². The van der Waals surface area contributed by atoms with Gasteiger partial charge in [-0.05, 0) is 23.8 Å². The highest BCUT2D eigenvalue weighted by Crippen LogP contribution is 2.38. The number of thioether (sulfide) groups is 1. The molecule has 0 saturated heterocycles. The van der Waals surface area contributed by atoms with Gasteiger partial charge in [-0.1, -0.05) is 6.92 Å². The number of hydrogen-bond acceptors (Lipinski definition) is 4. The van der Waals surface area contributed by atoms with E-state index in [0.29, 0.717) is 0 Å². The molecule has 0 aliphatic heterocycles. The Labute approximate surface area is 128 Å². The molecule has 0 aromatic carbocycles. The maximum absolute atomic E-state index is 13.1. The fourth-order valence-corrected chi connectivity index (χ4v) is 2.71. The second kappa shape index (κ2) is 7.26. The van der Waals surface area contributed by atoms with Gasteiger partial charge in [-0.2, -0.15) is 24.9 Å². The quantitative estimate of drug-likeness (QED) is 0.592. The van der Waals surface area contributed by atoms with Crippen LogP contribution in [0.1, 0.15) is 46.2 Å². The molecule has 1 aromatic heterocycles. The summed E-state index contributed by atoms with van der Waals surface area (Å²) in [5.41, 5.74) is -3.50. The number of nitrogens with zero attached hydrogens (tertiary/aromatic N) is 1. The van der Waals surface area contributed by atoms with Gasteiger partial charge in [0.25, 0.3) is 6.43 Å². The molecule has 1 rings (SSSR count). The molecule has 0 saturated carbocycles. The van der Waals surface area contributed by atoms with Gasteiger partial charge in [0.05, 0.1) is 12.7 Å². The number of halogens is 5. The zero-order chi connectivity index (χ0) is 17.1. The van der Waals surface area contributed by atoms with Gasteiger partial charge in [0.2, 0.25) is 0 Å². The number of carbonyl (C=O) groups is 1. The summed E-state index contributed by atoms with van der Waals surface area (Å²) in [5, 5.41) is 0. The molecule has 0 aliphatic rings. The number of aromatic nitrogens is 1. The third kappa shape index (κ3) is 3.68. The molecule has 124 valence electrons. The highest BCUT2D eigenvalue weighted by molar-refractivity contribution is 7.97. The smallest absolute Gasteiger partial charge is 0.434 e. The van der Waals surface area contributed by atoms with Crippen molar-refractivity contribution in [3.05, 3.63) is 28.1 Å². The summed E-state index contributed by atoms with van der Waals surface area (Å²) in [6.07, 6.45) is -6.57. The molecule has 0 amide bonds. The van der Waals surface area contributed by atoms with Crippen LogP contribution in [0.3, 0.4) is 0 Å². The van der Waals surface area contributed by atoms with E-state index >= 15 is 0 Å². The lowest BCUT2D eigenvalue weighted by molar-refractivity contribution is -0.142. The van der Waals surface area contributed by atoms with Gasteiger partial charge < -0.3 is 4.74 Å². The van der Waals surface area contributed by atoms with Crippen LogP contribution < -0.4 is 0 Å². The molecule has 0 N–H and O–H groups in total. The van der Waals surface area contributed by atoms with Gasteiger partial charge in [0.15, 0.2) is 5.69 Å². The Balaban J connectivity index is 3.86. The zero-order valence-corrected chi connectivity index (χ0v) is 12.9. The molecule has 9 heteroatoms. The van der Waals surface area contributed by atoms with Crippen LogP contribution in [0.5, 0.6) is 0 Å². The molecule has 22 heavy (non-hydrogen) atoms. The fourth-order valence-electron chi connectivity index (χ4n) is 2.10. The maximum atomic E-state index is 13.1. The van der Waals surface area contributed by atoms with Crippen molar-refractivity contribution in [2.24, 2.45) is 0 Å². The third-order valence-corrected chi connectivity index (χ3v) is 3.53. The first-order valence-corrected chi connectivity index (χ1v) is 7.56. The summed E-state index contributed by atoms with van der Waals surface area (Å²) in [4.78, 5) is 14.8. The molecule has 3 nitrogen and oxygen atoms in total. The van der Waals surface area contributed by atoms with Crippen LogP contribution in [0, 0.1) is 0 Å². The lowest BCUT2D eigenvalue weighted by atomic mass is 9.97. The normalized spacial score (nSPS) is 11.9. The standard InChI is InChI=1S/C13H14F5NO2S/c1-4-6-7(5-22-3)8(12(20)21-2)10(13(16,17)18)19-9(6)11(14)15/h11H,4-5H2,1-3H3. The first-order chi connectivity index (χ1) is 10.2. The molecule has 0 bridgehead atoms. The number of carbonyl (C=O) groups excluding carboxylic acids is 1. The van der Waals surface area contributed by atoms with Crippen molar-refractivity contribution in [1.82, 2.24) is 4.98 Å². The van der Waals surface area contributed by atoms with E-state index in [2.05, 4.69) is 9.72 Å². The van der Waals surface area contributed by atoms with Crippen molar-refractivity contribution < 1.29 is 31.5 Å². The average molecular weight is 343 g/mol. The monoisotopic (exact) mass is 343 g/mol. The van der Waals surface area contributed by atoms with Gasteiger partial charge in [-0.25, -0.2) is 18.6 Å². The van der Waals surface area contributed by atoms with Crippen LogP contribution in [-0.2, 0) is 23.1 Å². The molecule has 1 aromatic rings. The lowest BCUT2D eigenvalue weighted by Crippen LogP contribution is -2.22. The van der Waals surface area contributed by atoms with E-state index in [4.69, 9.17) is 0 Å². The van der Waals surface area contributed by atoms with Crippen LogP contribution in [0.4, 0.5) is 22.0 Å². The summed E-state index contributed by atoms with van der Waals surface area (Å²) in [7, 11) is 0.929. The van der Waals surface area contributed by atoms with Gasteiger partial charge >= 0.3 is 12.1 Å². The van der Waals surface area contributed by atoms with Crippen LogP contribution in [0.15, 0.2) is 0 Å². The molecule has 0 radical (unpaired) electrons. The van der Waals surface area contributed by atoms with Crippen LogP contribution >= 0.6 is 11.8 Å². The summed E-state index contributed by atoms with van der Waals surface area (Å²) in [6, 6.07) is 0. The first-order valence-electron chi connectivity index (χ1n) is 6.17. The SMILES string of the molecule is CCc1c(C(F)F)nc(C(F)(F)F)c(C(=O)OC)c1CSC. The maximum Gasteiger partial charge on any atom is 0.434 e. The van der Waals surface area contributed by atoms with Gasteiger partial charge in [-0.3, -0.25) is 0 Å². The summed E-state index contributed by atoms with van der Waals surface area (Å²) in [5.74, 6) is -1.27. The van der Waals surface area contributed by atoms with E-state index in [9.17, 15) is 26.7 Å². The van der Waals surface area contributed by atoms with Crippen molar-refractivity contribution in [3.8, 4) is 0 Å². The molecule has 0 aliphatic carbocycles. The fraction of sp³-hybridized carbons (Fsp3) is 0.538. The largest absolute Gasteiger partial charge is 0.465 e. The van der Waals surface area contributed by atoms with Gasteiger partial charge in [-0.15, -0.1) is 0 Å². The molecule has 0 unspecified atom stereocenters. The Bertz CT molecular complexity index is 560. The third-order valence-electron chi connectivity index (χ3n) is 2.95. The molecule has 0 fully saturated rings. The number of ether oxygens (including phenoxy) is 1. The number of rotatable bonds is 5. The highest BCUT2D eigenvalue weighted by Gasteiger charge is 2.41. The summed E-state index contributed by atoms with van der Waals surface area (Å²) in [6.45, 7) is 1.51. The Morgan fingerprint density at radius 1 is 1.32 bits per heavy atom. The zero-order valence-electron chi connectivity index (χ0n) is 12.1. The number of alkyl halides is 5. The number of esters is 1. The molecule has 0 spiro atoms. The Morgan fingerprint density at radius 2 is 1.91 bits per heavy atom. The van der Waals surface area contributed by atoms with Crippen LogP contribution in [-0.4, -0.2) is 24.3 Å². The van der Waals surface area contributed by atoms with Crippen molar-refractivity contribution in [1.29, 1.82) is 0 Å². The number of pyridine rings is 1. The Kier molecular flexibility index (Phi) is 6.16. The Morgan fingerprint density at radius 3 is 2.27 bits per heavy atom.